The lowest BCUT2D eigenvalue weighted by Crippen LogP contribution is -2.33. The van der Waals surface area contributed by atoms with Crippen LogP contribution < -0.4 is 0 Å². The van der Waals surface area contributed by atoms with Gasteiger partial charge in [0.05, 0.1) is 16.6 Å². The highest BCUT2D eigenvalue weighted by molar-refractivity contribution is 7.92. The molecule has 1 N–H and O–H groups in total. The maximum Gasteiger partial charge on any atom is 0.155 e. The van der Waals surface area contributed by atoms with Crippen molar-refractivity contribution in [3.8, 4) is 0 Å². The highest BCUT2D eigenvalue weighted by atomic mass is 32.2. The Balaban J connectivity index is 4.56. The summed E-state index contributed by atoms with van der Waals surface area (Å²) >= 11 is 0. The Kier molecular flexibility index (Phi) is 5.47. The lowest BCUT2D eigenvalue weighted by molar-refractivity contribution is 0.0956. The van der Waals surface area contributed by atoms with Gasteiger partial charge in [0, 0.05) is 0 Å². The number of aliphatic hydroxyl groups is 1. The van der Waals surface area contributed by atoms with E-state index in [2.05, 4.69) is 0 Å². The Labute approximate surface area is 100 Å². The Morgan fingerprint density at radius 3 is 1.81 bits per heavy atom. The molecule has 4 heteroatoms. The van der Waals surface area contributed by atoms with Gasteiger partial charge in [-0.25, -0.2) is 8.42 Å². The van der Waals surface area contributed by atoms with Gasteiger partial charge >= 0.3 is 0 Å². The second-order valence-electron chi connectivity index (χ2n) is 5.87. The van der Waals surface area contributed by atoms with Crippen molar-refractivity contribution in [1.29, 1.82) is 0 Å². The average Bonchev–Trinajstić information content (AvgIpc) is 1.99. The lowest BCUT2D eigenvalue weighted by Gasteiger charge is -2.26. The highest BCUT2D eigenvalue weighted by Crippen LogP contribution is 2.24. The quantitative estimate of drug-likeness (QED) is 0.814. The first kappa shape index (κ1) is 15.9. The standard InChI is InChI=1S/C12H26O3S/c1-9(2)11(10(3)13)7-8-16(14,15)12(4,5)6/h9-11,13H,7-8H2,1-6H3. The van der Waals surface area contributed by atoms with E-state index in [1.54, 1.807) is 27.7 Å². The Morgan fingerprint density at radius 1 is 1.12 bits per heavy atom. The molecule has 2 unspecified atom stereocenters. The minimum Gasteiger partial charge on any atom is -0.393 e. The van der Waals surface area contributed by atoms with E-state index in [1.165, 1.54) is 0 Å². The van der Waals surface area contributed by atoms with Gasteiger partial charge in [-0.3, -0.25) is 0 Å². The summed E-state index contributed by atoms with van der Waals surface area (Å²) < 4.78 is 23.1. The molecule has 0 aromatic heterocycles. The molecule has 0 saturated carbocycles. The normalized spacial score (nSPS) is 17.5. The van der Waals surface area contributed by atoms with Crippen LogP contribution in [-0.2, 0) is 9.84 Å². The summed E-state index contributed by atoms with van der Waals surface area (Å²) in [6, 6.07) is 0. The first-order valence-corrected chi connectivity index (χ1v) is 7.54. The number of aliphatic hydroxyl groups excluding tert-OH is 1. The molecule has 0 rings (SSSR count). The van der Waals surface area contributed by atoms with Crippen molar-refractivity contribution in [1.82, 2.24) is 0 Å². The van der Waals surface area contributed by atoms with Crippen molar-refractivity contribution in [2.24, 2.45) is 11.8 Å². The maximum atomic E-state index is 11.9. The van der Waals surface area contributed by atoms with E-state index in [0.717, 1.165) is 0 Å². The molecule has 0 aromatic carbocycles. The first-order valence-electron chi connectivity index (χ1n) is 5.89. The molecular weight excluding hydrogens is 224 g/mol. The van der Waals surface area contributed by atoms with Crippen LogP contribution in [0.4, 0.5) is 0 Å². The van der Waals surface area contributed by atoms with Crippen molar-refractivity contribution in [3.63, 3.8) is 0 Å². The fourth-order valence-corrected chi connectivity index (χ4v) is 2.92. The third-order valence-corrected chi connectivity index (χ3v) is 5.77. The topological polar surface area (TPSA) is 54.4 Å². The monoisotopic (exact) mass is 250 g/mol. The molecule has 0 spiro atoms. The number of sulfone groups is 1. The van der Waals surface area contributed by atoms with Crippen LogP contribution in [0.2, 0.25) is 0 Å². The van der Waals surface area contributed by atoms with Gasteiger partial charge in [-0.1, -0.05) is 13.8 Å². The van der Waals surface area contributed by atoms with E-state index in [0.29, 0.717) is 12.3 Å². The molecule has 0 bridgehead atoms. The van der Waals surface area contributed by atoms with E-state index in [4.69, 9.17) is 0 Å². The lowest BCUT2D eigenvalue weighted by atomic mass is 9.89. The van der Waals surface area contributed by atoms with Gasteiger partial charge in [0.25, 0.3) is 0 Å². The zero-order valence-electron chi connectivity index (χ0n) is 11.3. The first-order chi connectivity index (χ1) is 6.99. The van der Waals surface area contributed by atoms with Crippen LogP contribution in [0, 0.1) is 11.8 Å². The zero-order valence-corrected chi connectivity index (χ0v) is 12.1. The van der Waals surface area contributed by atoms with Crippen molar-refractivity contribution in [2.45, 2.75) is 58.8 Å². The minimum atomic E-state index is -3.07. The number of hydrogen-bond acceptors (Lipinski definition) is 3. The van der Waals surface area contributed by atoms with Gasteiger partial charge < -0.3 is 5.11 Å². The molecule has 0 aliphatic carbocycles. The number of hydrogen-bond donors (Lipinski definition) is 1. The molecule has 0 amide bonds. The molecule has 0 aromatic rings. The predicted molar refractivity (Wildman–Crippen MR) is 68.2 cm³/mol. The summed E-state index contributed by atoms with van der Waals surface area (Å²) in [5, 5.41) is 9.59. The van der Waals surface area contributed by atoms with Crippen LogP contribution in [0.15, 0.2) is 0 Å². The molecule has 2 atom stereocenters. The van der Waals surface area contributed by atoms with Crippen molar-refractivity contribution in [3.05, 3.63) is 0 Å². The van der Waals surface area contributed by atoms with E-state index in [-0.39, 0.29) is 11.7 Å². The largest absolute Gasteiger partial charge is 0.393 e. The summed E-state index contributed by atoms with van der Waals surface area (Å²) in [6.45, 7) is 10.9. The molecule has 16 heavy (non-hydrogen) atoms. The van der Waals surface area contributed by atoms with E-state index < -0.39 is 20.7 Å². The third kappa shape index (κ3) is 4.42. The molecule has 0 aliphatic rings. The molecule has 0 radical (unpaired) electrons. The van der Waals surface area contributed by atoms with E-state index >= 15 is 0 Å². The SMILES string of the molecule is CC(C)C(CCS(=O)(=O)C(C)(C)C)C(C)O. The second kappa shape index (κ2) is 5.50. The van der Waals surface area contributed by atoms with E-state index in [9.17, 15) is 13.5 Å². The van der Waals surface area contributed by atoms with Crippen molar-refractivity contribution < 1.29 is 13.5 Å². The van der Waals surface area contributed by atoms with Gasteiger partial charge in [0.15, 0.2) is 9.84 Å². The average molecular weight is 250 g/mol. The van der Waals surface area contributed by atoms with Gasteiger partial charge in [-0.15, -0.1) is 0 Å². The molecule has 0 fully saturated rings. The summed E-state index contributed by atoms with van der Waals surface area (Å²) in [7, 11) is -3.07. The van der Waals surface area contributed by atoms with Crippen molar-refractivity contribution in [2.75, 3.05) is 5.75 Å². The van der Waals surface area contributed by atoms with Gasteiger partial charge in [0.1, 0.15) is 0 Å². The fourth-order valence-electron chi connectivity index (χ4n) is 1.73. The summed E-state index contributed by atoms with van der Waals surface area (Å²) in [6.07, 6.45) is 0.0877. The van der Waals surface area contributed by atoms with E-state index in [1.807, 2.05) is 13.8 Å². The van der Waals surface area contributed by atoms with Crippen LogP contribution in [0.5, 0.6) is 0 Å². The van der Waals surface area contributed by atoms with Gasteiger partial charge in [-0.05, 0) is 46.0 Å². The molecule has 3 nitrogen and oxygen atoms in total. The van der Waals surface area contributed by atoms with Gasteiger partial charge in [-0.2, -0.15) is 0 Å². The fraction of sp³-hybridized carbons (Fsp3) is 1.00. The van der Waals surface area contributed by atoms with Crippen LogP contribution in [-0.4, -0.2) is 30.1 Å². The summed E-state index contributed by atoms with van der Waals surface area (Å²) in [5.41, 5.74) is 0. The Hall–Kier alpha value is -0.0900. The summed E-state index contributed by atoms with van der Waals surface area (Å²) in [4.78, 5) is 0. The maximum absolute atomic E-state index is 11.9. The van der Waals surface area contributed by atoms with Crippen molar-refractivity contribution >= 4 is 9.84 Å². The van der Waals surface area contributed by atoms with Crippen LogP contribution in [0.25, 0.3) is 0 Å². The Bertz CT molecular complexity index is 289. The van der Waals surface area contributed by atoms with Crippen LogP contribution in [0.3, 0.4) is 0 Å². The molecule has 98 valence electrons. The highest BCUT2D eigenvalue weighted by Gasteiger charge is 2.30. The zero-order chi connectivity index (χ0) is 13.1. The smallest absolute Gasteiger partial charge is 0.155 e. The Morgan fingerprint density at radius 2 is 1.56 bits per heavy atom. The minimum absolute atomic E-state index is 0.0529. The molecular formula is C12H26O3S. The molecule has 0 heterocycles. The second-order valence-corrected chi connectivity index (χ2v) is 8.73. The van der Waals surface area contributed by atoms with Gasteiger partial charge in [0.2, 0.25) is 0 Å². The number of rotatable bonds is 5. The third-order valence-electron chi connectivity index (χ3n) is 3.13. The van der Waals surface area contributed by atoms with Crippen LogP contribution in [0.1, 0.15) is 48.0 Å². The predicted octanol–water partition coefficient (Wildman–Crippen LogP) is 2.24. The molecule has 0 saturated heterocycles. The summed E-state index contributed by atoms with van der Waals surface area (Å²) in [5.74, 6) is 0.511. The molecule has 0 aliphatic heterocycles. The van der Waals surface area contributed by atoms with Crippen LogP contribution >= 0.6 is 0 Å².